The molecule has 0 bridgehead atoms. The highest BCUT2D eigenvalue weighted by molar-refractivity contribution is 5.53. The van der Waals surface area contributed by atoms with E-state index in [0.717, 1.165) is 42.6 Å². The van der Waals surface area contributed by atoms with Gasteiger partial charge in [-0.1, -0.05) is 48.3 Å². The van der Waals surface area contributed by atoms with Crippen molar-refractivity contribution >= 4 is 0 Å². The summed E-state index contributed by atoms with van der Waals surface area (Å²) in [6.45, 7) is 0.519. The van der Waals surface area contributed by atoms with Gasteiger partial charge in [0.15, 0.2) is 5.82 Å². The van der Waals surface area contributed by atoms with Crippen molar-refractivity contribution in [3.05, 3.63) is 66.0 Å². The van der Waals surface area contributed by atoms with E-state index in [0.29, 0.717) is 18.3 Å². The quantitative estimate of drug-likeness (QED) is 0.761. The first-order chi connectivity index (χ1) is 12.2. The maximum absolute atomic E-state index is 6.39. The second-order valence-corrected chi connectivity index (χ2v) is 6.59. The van der Waals surface area contributed by atoms with Crippen LogP contribution in [0.2, 0.25) is 0 Å². The molecule has 4 rings (SSSR count). The molecule has 5 nitrogen and oxygen atoms in total. The lowest BCUT2D eigenvalue weighted by Gasteiger charge is -2.17. The van der Waals surface area contributed by atoms with Crippen LogP contribution >= 0.6 is 0 Å². The molecular formula is C20H21N3O2. The zero-order chi connectivity index (χ0) is 17.1. The Morgan fingerprint density at radius 1 is 1.00 bits per heavy atom. The van der Waals surface area contributed by atoms with E-state index in [1.807, 2.05) is 54.6 Å². The average molecular weight is 335 g/mol. The van der Waals surface area contributed by atoms with Crippen LogP contribution in [-0.2, 0) is 12.1 Å². The van der Waals surface area contributed by atoms with E-state index in [2.05, 4.69) is 10.1 Å². The molecular weight excluding hydrogens is 314 g/mol. The molecule has 0 radical (unpaired) electrons. The van der Waals surface area contributed by atoms with Crippen molar-refractivity contribution < 1.29 is 9.26 Å². The maximum Gasteiger partial charge on any atom is 0.257 e. The summed E-state index contributed by atoms with van der Waals surface area (Å²) >= 11 is 0. The standard InChI is InChI=1S/C20H21N3O2/c21-20(12-4-5-13-20)19-22-18(25-23-19)16-10-8-15(9-11-16)14-24-17-6-2-1-3-7-17/h1-3,6-11H,4-5,12-14,21H2. The Hall–Kier alpha value is -2.66. The van der Waals surface area contributed by atoms with E-state index < -0.39 is 5.54 Å². The molecule has 1 fully saturated rings. The molecule has 1 aromatic heterocycles. The summed E-state index contributed by atoms with van der Waals surface area (Å²) in [5.41, 5.74) is 7.94. The van der Waals surface area contributed by atoms with E-state index in [9.17, 15) is 0 Å². The van der Waals surface area contributed by atoms with Gasteiger partial charge in [-0.3, -0.25) is 0 Å². The minimum Gasteiger partial charge on any atom is -0.489 e. The zero-order valence-corrected chi connectivity index (χ0v) is 14.0. The largest absolute Gasteiger partial charge is 0.489 e. The SMILES string of the molecule is NC1(c2noc(-c3ccc(COc4ccccc4)cc3)n2)CCCC1. The van der Waals surface area contributed by atoms with Gasteiger partial charge in [-0.2, -0.15) is 4.98 Å². The molecule has 3 aromatic rings. The van der Waals surface area contributed by atoms with Crippen LogP contribution < -0.4 is 10.5 Å². The molecule has 1 aliphatic rings. The van der Waals surface area contributed by atoms with Crippen molar-refractivity contribution in [3.8, 4) is 17.2 Å². The highest BCUT2D eigenvalue weighted by Gasteiger charge is 2.36. The Labute approximate surface area is 146 Å². The number of aromatic nitrogens is 2. The third-order valence-corrected chi connectivity index (χ3v) is 4.72. The van der Waals surface area contributed by atoms with E-state index in [1.165, 1.54) is 0 Å². The molecule has 25 heavy (non-hydrogen) atoms. The molecule has 0 aliphatic heterocycles. The smallest absolute Gasteiger partial charge is 0.257 e. The lowest BCUT2D eigenvalue weighted by atomic mass is 9.99. The number of hydrogen-bond donors (Lipinski definition) is 1. The van der Waals surface area contributed by atoms with Gasteiger partial charge < -0.3 is 15.0 Å². The summed E-state index contributed by atoms with van der Waals surface area (Å²) in [7, 11) is 0. The monoisotopic (exact) mass is 335 g/mol. The summed E-state index contributed by atoms with van der Waals surface area (Å²) in [6, 6.07) is 17.7. The third-order valence-electron chi connectivity index (χ3n) is 4.72. The van der Waals surface area contributed by atoms with Crippen LogP contribution in [-0.4, -0.2) is 10.1 Å². The second kappa shape index (κ2) is 6.69. The Morgan fingerprint density at radius 3 is 2.44 bits per heavy atom. The fourth-order valence-electron chi connectivity index (χ4n) is 3.20. The van der Waals surface area contributed by atoms with Crippen molar-refractivity contribution in [2.24, 2.45) is 5.73 Å². The summed E-state index contributed by atoms with van der Waals surface area (Å²) in [6.07, 6.45) is 4.08. The van der Waals surface area contributed by atoms with Gasteiger partial charge in [0.2, 0.25) is 0 Å². The summed E-state index contributed by atoms with van der Waals surface area (Å²) in [4.78, 5) is 4.52. The van der Waals surface area contributed by atoms with Gasteiger partial charge >= 0.3 is 0 Å². The second-order valence-electron chi connectivity index (χ2n) is 6.59. The Morgan fingerprint density at radius 2 is 1.72 bits per heavy atom. The first-order valence-electron chi connectivity index (χ1n) is 8.63. The molecule has 1 saturated carbocycles. The minimum atomic E-state index is -0.425. The summed E-state index contributed by atoms with van der Waals surface area (Å²) in [5, 5.41) is 4.11. The van der Waals surface area contributed by atoms with E-state index >= 15 is 0 Å². The number of para-hydroxylation sites is 1. The van der Waals surface area contributed by atoms with Gasteiger partial charge in [-0.15, -0.1) is 0 Å². The number of ether oxygens (including phenoxy) is 1. The van der Waals surface area contributed by atoms with Gasteiger partial charge in [0.25, 0.3) is 5.89 Å². The highest BCUT2D eigenvalue weighted by Crippen LogP contribution is 2.35. The molecule has 0 unspecified atom stereocenters. The van der Waals surface area contributed by atoms with Crippen LogP contribution in [0.5, 0.6) is 5.75 Å². The van der Waals surface area contributed by atoms with E-state index in [1.54, 1.807) is 0 Å². The van der Waals surface area contributed by atoms with Gasteiger partial charge in [-0.25, -0.2) is 0 Å². The molecule has 0 amide bonds. The Bertz CT molecular complexity index is 822. The van der Waals surface area contributed by atoms with Gasteiger partial charge in [0.1, 0.15) is 12.4 Å². The number of nitrogens with zero attached hydrogens (tertiary/aromatic N) is 2. The fourth-order valence-corrected chi connectivity index (χ4v) is 3.20. The molecule has 2 N–H and O–H groups in total. The number of rotatable bonds is 5. The Kier molecular flexibility index (Phi) is 4.24. The van der Waals surface area contributed by atoms with Crippen molar-refractivity contribution in [1.82, 2.24) is 10.1 Å². The normalized spacial score (nSPS) is 16.0. The Balaban J connectivity index is 1.44. The molecule has 128 valence electrons. The molecule has 2 aromatic carbocycles. The first kappa shape index (κ1) is 15.8. The zero-order valence-electron chi connectivity index (χ0n) is 14.0. The molecule has 0 saturated heterocycles. The summed E-state index contributed by atoms with van der Waals surface area (Å²) < 4.78 is 11.2. The predicted octanol–water partition coefficient (Wildman–Crippen LogP) is 4.04. The molecule has 1 aliphatic carbocycles. The predicted molar refractivity (Wildman–Crippen MR) is 94.8 cm³/mol. The van der Waals surface area contributed by atoms with Crippen LogP contribution in [0, 0.1) is 0 Å². The van der Waals surface area contributed by atoms with Crippen molar-refractivity contribution in [2.75, 3.05) is 0 Å². The summed E-state index contributed by atoms with van der Waals surface area (Å²) in [5.74, 6) is 2.00. The number of benzene rings is 2. The van der Waals surface area contributed by atoms with Crippen LogP contribution in [0.25, 0.3) is 11.5 Å². The van der Waals surface area contributed by atoms with Crippen molar-refractivity contribution in [2.45, 2.75) is 37.8 Å². The van der Waals surface area contributed by atoms with Crippen LogP contribution in [0.3, 0.4) is 0 Å². The molecule has 1 heterocycles. The molecule has 0 spiro atoms. The lowest BCUT2D eigenvalue weighted by molar-refractivity contribution is 0.306. The van der Waals surface area contributed by atoms with Gasteiger partial charge in [-0.05, 0) is 42.7 Å². The highest BCUT2D eigenvalue weighted by atomic mass is 16.5. The van der Waals surface area contributed by atoms with Crippen molar-refractivity contribution in [3.63, 3.8) is 0 Å². The van der Waals surface area contributed by atoms with Crippen LogP contribution in [0.4, 0.5) is 0 Å². The van der Waals surface area contributed by atoms with Crippen molar-refractivity contribution in [1.29, 1.82) is 0 Å². The van der Waals surface area contributed by atoms with Gasteiger partial charge in [0, 0.05) is 5.56 Å². The van der Waals surface area contributed by atoms with Crippen LogP contribution in [0.15, 0.2) is 59.1 Å². The molecule has 5 heteroatoms. The average Bonchev–Trinajstić information content (AvgIpc) is 3.32. The minimum absolute atomic E-state index is 0.425. The number of nitrogens with two attached hydrogens (primary N) is 1. The lowest BCUT2D eigenvalue weighted by Crippen LogP contribution is -2.34. The maximum atomic E-state index is 6.39. The third kappa shape index (κ3) is 3.42. The van der Waals surface area contributed by atoms with E-state index in [-0.39, 0.29) is 0 Å². The van der Waals surface area contributed by atoms with E-state index in [4.69, 9.17) is 15.0 Å². The first-order valence-corrected chi connectivity index (χ1v) is 8.63. The molecule has 0 atom stereocenters. The topological polar surface area (TPSA) is 74.2 Å². The fraction of sp³-hybridized carbons (Fsp3) is 0.300. The number of hydrogen-bond acceptors (Lipinski definition) is 5. The van der Waals surface area contributed by atoms with Gasteiger partial charge in [0.05, 0.1) is 5.54 Å². The van der Waals surface area contributed by atoms with Crippen LogP contribution in [0.1, 0.15) is 37.1 Å².